The number of rotatable bonds is 3. The molecule has 0 aliphatic heterocycles. The van der Waals surface area contributed by atoms with Gasteiger partial charge in [-0.2, -0.15) is 4.98 Å². The third-order valence-electron chi connectivity index (χ3n) is 3.21. The number of carbonyl (C=O) groups is 1. The van der Waals surface area contributed by atoms with E-state index in [9.17, 15) is 9.59 Å². The Labute approximate surface area is 130 Å². The molecule has 2 aromatic heterocycles. The van der Waals surface area contributed by atoms with Crippen molar-refractivity contribution in [3.05, 3.63) is 69.1 Å². The zero-order valence-electron chi connectivity index (χ0n) is 11.6. The van der Waals surface area contributed by atoms with Gasteiger partial charge in [-0.1, -0.05) is 29.8 Å². The van der Waals surface area contributed by atoms with Gasteiger partial charge in [0.15, 0.2) is 6.29 Å². The minimum atomic E-state index is -0.481. The molecule has 3 rings (SSSR count). The highest BCUT2D eigenvalue weighted by atomic mass is 35.5. The summed E-state index contributed by atoms with van der Waals surface area (Å²) < 4.78 is 6.91. The number of carbonyl (C=O) groups excluding carboxylic acids is 1. The Balaban J connectivity index is 2.25. The Kier molecular flexibility index (Phi) is 3.65. The van der Waals surface area contributed by atoms with E-state index in [1.54, 1.807) is 36.5 Å². The van der Waals surface area contributed by atoms with Crippen LogP contribution in [0.5, 0.6) is 11.6 Å². The van der Waals surface area contributed by atoms with Gasteiger partial charge in [0.05, 0.1) is 5.02 Å². The normalized spacial score (nSPS) is 10.6. The number of aldehydes is 1. The maximum Gasteiger partial charge on any atom is 0.272 e. The molecule has 0 spiro atoms. The second-order valence-corrected chi connectivity index (χ2v) is 5.08. The quantitative estimate of drug-likeness (QED) is 0.696. The Morgan fingerprint density at radius 3 is 2.73 bits per heavy atom. The number of hydrogen-bond donors (Lipinski definition) is 0. The van der Waals surface area contributed by atoms with E-state index >= 15 is 0 Å². The molecule has 0 aliphatic rings. The topological polar surface area (TPSA) is 60.7 Å². The average molecular weight is 315 g/mol. The van der Waals surface area contributed by atoms with Crippen molar-refractivity contribution in [3.63, 3.8) is 0 Å². The molecular formula is C16H11ClN2O3. The monoisotopic (exact) mass is 314 g/mol. The van der Waals surface area contributed by atoms with Crippen LogP contribution in [0.15, 0.2) is 47.4 Å². The zero-order valence-corrected chi connectivity index (χ0v) is 12.4. The first kappa shape index (κ1) is 14.3. The summed E-state index contributed by atoms with van der Waals surface area (Å²) in [6, 6.07) is 10.3. The molecule has 0 bridgehead atoms. The lowest BCUT2D eigenvalue weighted by Gasteiger charge is -2.10. The molecule has 0 saturated heterocycles. The van der Waals surface area contributed by atoms with Crippen molar-refractivity contribution in [3.8, 4) is 11.6 Å². The summed E-state index contributed by atoms with van der Waals surface area (Å²) in [5, 5.41) is 0.367. The lowest BCUT2D eigenvalue weighted by atomic mass is 10.2. The molecule has 3 aromatic rings. The third-order valence-corrected chi connectivity index (χ3v) is 3.52. The van der Waals surface area contributed by atoms with Crippen LogP contribution in [0.3, 0.4) is 0 Å². The largest absolute Gasteiger partial charge is 0.436 e. The second kappa shape index (κ2) is 5.61. The number of nitrogens with zero attached hydrogens (tertiary/aromatic N) is 2. The van der Waals surface area contributed by atoms with Gasteiger partial charge in [-0.3, -0.25) is 14.0 Å². The van der Waals surface area contributed by atoms with E-state index in [4.69, 9.17) is 16.3 Å². The standard InChI is InChI=1S/C16H11ClN2O3/c1-10-5-4-8-19-14(10)18-15(11(9-20)16(19)21)22-13-7-3-2-6-12(13)17/h2-9H,1H3. The lowest BCUT2D eigenvalue weighted by Crippen LogP contribution is -2.21. The van der Waals surface area contributed by atoms with Crippen LogP contribution < -0.4 is 10.3 Å². The van der Waals surface area contributed by atoms with E-state index in [1.807, 2.05) is 13.0 Å². The Hall–Kier alpha value is -2.66. The number of pyridine rings is 1. The minimum absolute atomic E-state index is 0.0533. The van der Waals surface area contributed by atoms with Crippen LogP contribution in [-0.2, 0) is 0 Å². The van der Waals surface area contributed by atoms with E-state index in [1.165, 1.54) is 4.40 Å². The van der Waals surface area contributed by atoms with Crippen molar-refractivity contribution < 1.29 is 9.53 Å². The molecule has 110 valence electrons. The fourth-order valence-electron chi connectivity index (χ4n) is 2.10. The summed E-state index contributed by atoms with van der Waals surface area (Å²) in [7, 11) is 0. The Morgan fingerprint density at radius 2 is 2.00 bits per heavy atom. The second-order valence-electron chi connectivity index (χ2n) is 4.67. The van der Waals surface area contributed by atoms with E-state index in [0.717, 1.165) is 5.56 Å². The van der Waals surface area contributed by atoms with Crippen molar-refractivity contribution in [1.29, 1.82) is 0 Å². The molecule has 1 aromatic carbocycles. The van der Waals surface area contributed by atoms with Crippen LogP contribution in [-0.4, -0.2) is 15.7 Å². The molecule has 0 amide bonds. The van der Waals surface area contributed by atoms with Gasteiger partial charge in [0.1, 0.15) is 17.0 Å². The number of hydrogen-bond acceptors (Lipinski definition) is 4. The summed E-state index contributed by atoms with van der Waals surface area (Å²) in [6.07, 6.45) is 2.00. The smallest absolute Gasteiger partial charge is 0.272 e. The maximum absolute atomic E-state index is 12.4. The number of aromatic nitrogens is 2. The van der Waals surface area contributed by atoms with Crippen LogP contribution in [0.4, 0.5) is 0 Å². The first-order chi connectivity index (χ1) is 10.6. The number of para-hydroxylation sites is 1. The maximum atomic E-state index is 12.4. The molecule has 0 radical (unpaired) electrons. The van der Waals surface area contributed by atoms with Crippen LogP contribution in [0, 0.1) is 6.92 Å². The van der Waals surface area contributed by atoms with E-state index in [0.29, 0.717) is 22.7 Å². The highest BCUT2D eigenvalue weighted by Gasteiger charge is 2.16. The number of fused-ring (bicyclic) bond motifs is 1. The van der Waals surface area contributed by atoms with Crippen LogP contribution in [0.25, 0.3) is 5.65 Å². The van der Waals surface area contributed by atoms with Gasteiger partial charge in [-0.25, -0.2) is 0 Å². The molecule has 0 aliphatic carbocycles. The van der Waals surface area contributed by atoms with Gasteiger partial charge in [0.25, 0.3) is 5.56 Å². The van der Waals surface area contributed by atoms with Crippen LogP contribution in [0.2, 0.25) is 5.02 Å². The van der Waals surface area contributed by atoms with Gasteiger partial charge in [-0.05, 0) is 30.7 Å². The van der Waals surface area contributed by atoms with Gasteiger partial charge in [0.2, 0.25) is 5.88 Å². The predicted octanol–water partition coefficient (Wildman–Crippen LogP) is 3.26. The zero-order chi connectivity index (χ0) is 15.7. The average Bonchev–Trinajstić information content (AvgIpc) is 2.51. The highest BCUT2D eigenvalue weighted by Crippen LogP contribution is 2.28. The fourth-order valence-corrected chi connectivity index (χ4v) is 2.28. The molecule has 0 unspecified atom stereocenters. The van der Waals surface area contributed by atoms with Crippen molar-refractivity contribution in [2.24, 2.45) is 0 Å². The summed E-state index contributed by atoms with van der Waals surface area (Å²) in [6.45, 7) is 1.82. The van der Waals surface area contributed by atoms with Gasteiger partial charge in [-0.15, -0.1) is 0 Å². The minimum Gasteiger partial charge on any atom is -0.436 e. The molecule has 6 heteroatoms. The Morgan fingerprint density at radius 1 is 1.23 bits per heavy atom. The van der Waals surface area contributed by atoms with Crippen LogP contribution in [0.1, 0.15) is 15.9 Å². The van der Waals surface area contributed by atoms with Crippen molar-refractivity contribution >= 4 is 23.5 Å². The summed E-state index contributed by atoms with van der Waals surface area (Å²) in [5.74, 6) is 0.277. The number of ether oxygens (including phenoxy) is 1. The number of aryl methyl sites for hydroxylation is 1. The molecule has 0 N–H and O–H groups in total. The van der Waals surface area contributed by atoms with E-state index < -0.39 is 5.56 Å². The molecule has 0 atom stereocenters. The van der Waals surface area contributed by atoms with Crippen molar-refractivity contribution in [1.82, 2.24) is 9.38 Å². The van der Waals surface area contributed by atoms with Gasteiger partial charge < -0.3 is 4.74 Å². The van der Waals surface area contributed by atoms with Gasteiger partial charge in [0, 0.05) is 6.20 Å². The van der Waals surface area contributed by atoms with Crippen molar-refractivity contribution in [2.45, 2.75) is 6.92 Å². The molecule has 22 heavy (non-hydrogen) atoms. The molecule has 0 saturated carbocycles. The summed E-state index contributed by atoms with van der Waals surface area (Å²) in [5.41, 5.74) is 0.593. The molecule has 0 fully saturated rings. The Bertz CT molecular complexity index is 934. The number of halogens is 1. The fraction of sp³-hybridized carbons (Fsp3) is 0.0625. The van der Waals surface area contributed by atoms with Crippen LogP contribution >= 0.6 is 11.6 Å². The van der Waals surface area contributed by atoms with E-state index in [2.05, 4.69) is 4.98 Å². The predicted molar refractivity (Wildman–Crippen MR) is 83.1 cm³/mol. The van der Waals surface area contributed by atoms with E-state index in [-0.39, 0.29) is 11.4 Å². The van der Waals surface area contributed by atoms with Gasteiger partial charge >= 0.3 is 0 Å². The third kappa shape index (κ3) is 2.35. The first-order valence-electron chi connectivity index (χ1n) is 6.51. The van der Waals surface area contributed by atoms with Crippen molar-refractivity contribution in [2.75, 3.05) is 0 Å². The first-order valence-corrected chi connectivity index (χ1v) is 6.89. The summed E-state index contributed by atoms with van der Waals surface area (Å²) >= 11 is 6.03. The highest BCUT2D eigenvalue weighted by molar-refractivity contribution is 6.32. The molecule has 2 heterocycles. The molecule has 5 nitrogen and oxygen atoms in total. The lowest BCUT2D eigenvalue weighted by molar-refractivity contribution is 0.111. The number of benzene rings is 1. The SMILES string of the molecule is Cc1cccn2c(=O)c(C=O)c(Oc3ccccc3Cl)nc12. The molecular weight excluding hydrogens is 304 g/mol. The summed E-state index contributed by atoms with van der Waals surface area (Å²) in [4.78, 5) is 28.0.